The van der Waals surface area contributed by atoms with E-state index in [1.165, 1.54) is 0 Å². The van der Waals surface area contributed by atoms with E-state index in [1.54, 1.807) is 0 Å². The van der Waals surface area contributed by atoms with Crippen molar-refractivity contribution in [1.82, 2.24) is 5.32 Å². The lowest BCUT2D eigenvalue weighted by Gasteiger charge is -2.26. The van der Waals surface area contributed by atoms with E-state index in [0.717, 1.165) is 19.3 Å². The topological polar surface area (TPSA) is 87.7 Å². The number of hydrogen-bond donors (Lipinski definition) is 3. The second kappa shape index (κ2) is 4.44. The van der Waals surface area contributed by atoms with Gasteiger partial charge in [0.05, 0.1) is 0 Å². The summed E-state index contributed by atoms with van der Waals surface area (Å²) >= 11 is 0. The number of amidine groups is 1. The third kappa shape index (κ3) is 2.18. The van der Waals surface area contributed by atoms with Gasteiger partial charge in [-0.05, 0) is 30.6 Å². The molecular formula is C13H23N3O2. The predicted molar refractivity (Wildman–Crippen MR) is 69.2 cm³/mol. The van der Waals surface area contributed by atoms with Crippen LogP contribution in [0.3, 0.4) is 0 Å². The molecule has 0 aromatic heterocycles. The van der Waals surface area contributed by atoms with Crippen LogP contribution in [0.25, 0.3) is 0 Å². The van der Waals surface area contributed by atoms with Crippen LogP contribution in [0.1, 0.15) is 46.0 Å². The average Bonchev–Trinajstić information content (AvgIpc) is 2.79. The highest BCUT2D eigenvalue weighted by Gasteiger charge is 2.48. The van der Waals surface area contributed by atoms with E-state index in [2.05, 4.69) is 24.3 Å². The van der Waals surface area contributed by atoms with Crippen molar-refractivity contribution in [3.8, 4) is 0 Å². The molecule has 18 heavy (non-hydrogen) atoms. The lowest BCUT2D eigenvalue weighted by atomic mass is 9.83. The number of amides is 1. The molecule has 2 rings (SSSR count). The molecule has 0 aromatic rings. The number of nitrogens with zero attached hydrogens (tertiary/aromatic N) is 1. The Hall–Kier alpha value is -1.26. The first-order chi connectivity index (χ1) is 8.42. The van der Waals surface area contributed by atoms with Gasteiger partial charge < -0.3 is 16.3 Å². The fourth-order valence-electron chi connectivity index (χ4n) is 2.98. The SMILES string of the molecule is CC1(C)CC1CNC(=O)C1(C(N)=NO)CCCC1. The van der Waals surface area contributed by atoms with Crippen LogP contribution in [-0.2, 0) is 4.79 Å². The Labute approximate surface area is 108 Å². The second-order valence-corrected chi connectivity index (χ2v) is 6.37. The molecule has 0 radical (unpaired) electrons. The Balaban J connectivity index is 1.97. The van der Waals surface area contributed by atoms with Crippen LogP contribution in [0.2, 0.25) is 0 Å². The number of rotatable bonds is 4. The third-order valence-corrected chi connectivity index (χ3v) is 4.72. The van der Waals surface area contributed by atoms with Crippen molar-refractivity contribution < 1.29 is 10.0 Å². The standard InChI is InChI=1S/C13H23N3O2/c1-12(2)7-9(12)8-15-11(17)13(10(14)16-18)5-3-4-6-13/h9,18H,3-8H2,1-2H3,(H2,14,16)(H,15,17). The molecule has 0 aromatic carbocycles. The van der Waals surface area contributed by atoms with E-state index < -0.39 is 5.41 Å². The van der Waals surface area contributed by atoms with Crippen LogP contribution in [0.5, 0.6) is 0 Å². The van der Waals surface area contributed by atoms with Crippen LogP contribution in [0.15, 0.2) is 5.16 Å². The average molecular weight is 253 g/mol. The van der Waals surface area contributed by atoms with Gasteiger partial charge in [0.15, 0.2) is 5.84 Å². The summed E-state index contributed by atoms with van der Waals surface area (Å²) in [5.74, 6) is 0.553. The van der Waals surface area contributed by atoms with Gasteiger partial charge in [0, 0.05) is 6.54 Å². The minimum Gasteiger partial charge on any atom is -0.409 e. The first-order valence-corrected chi connectivity index (χ1v) is 6.69. The van der Waals surface area contributed by atoms with Gasteiger partial charge in [0.25, 0.3) is 0 Å². The van der Waals surface area contributed by atoms with Crippen molar-refractivity contribution in [1.29, 1.82) is 0 Å². The Morgan fingerprint density at radius 2 is 2.00 bits per heavy atom. The molecule has 0 bridgehead atoms. The minimum absolute atomic E-state index is 0.0626. The fourth-order valence-corrected chi connectivity index (χ4v) is 2.98. The zero-order valence-electron chi connectivity index (χ0n) is 11.2. The molecule has 5 nitrogen and oxygen atoms in total. The maximum Gasteiger partial charge on any atom is 0.233 e. The number of nitrogens with one attached hydrogen (secondary N) is 1. The summed E-state index contributed by atoms with van der Waals surface area (Å²) in [6.07, 6.45) is 4.44. The van der Waals surface area contributed by atoms with Gasteiger partial charge in [0.1, 0.15) is 5.41 Å². The van der Waals surface area contributed by atoms with Crippen molar-refractivity contribution in [2.45, 2.75) is 46.0 Å². The van der Waals surface area contributed by atoms with Gasteiger partial charge in [-0.25, -0.2) is 0 Å². The summed E-state index contributed by atoms with van der Waals surface area (Å²) in [4.78, 5) is 12.3. The van der Waals surface area contributed by atoms with Gasteiger partial charge in [-0.3, -0.25) is 4.79 Å². The maximum absolute atomic E-state index is 12.3. The zero-order valence-corrected chi connectivity index (χ0v) is 11.2. The Morgan fingerprint density at radius 3 is 2.44 bits per heavy atom. The summed E-state index contributed by atoms with van der Waals surface area (Å²) in [7, 11) is 0. The van der Waals surface area contributed by atoms with Crippen molar-refractivity contribution in [2.75, 3.05) is 6.54 Å². The number of oxime groups is 1. The lowest BCUT2D eigenvalue weighted by Crippen LogP contribution is -2.48. The summed E-state index contributed by atoms with van der Waals surface area (Å²) in [6, 6.07) is 0. The molecule has 2 saturated carbocycles. The molecule has 2 aliphatic rings. The van der Waals surface area contributed by atoms with Gasteiger partial charge in [-0.2, -0.15) is 0 Å². The Bertz CT molecular complexity index is 370. The molecule has 0 aliphatic heterocycles. The molecule has 1 unspecified atom stereocenters. The largest absolute Gasteiger partial charge is 0.409 e. The first kappa shape index (κ1) is 13.2. The van der Waals surface area contributed by atoms with Crippen molar-refractivity contribution >= 4 is 11.7 Å². The maximum atomic E-state index is 12.3. The highest BCUT2D eigenvalue weighted by atomic mass is 16.4. The summed E-state index contributed by atoms with van der Waals surface area (Å²) in [5, 5.41) is 14.9. The fraction of sp³-hybridized carbons (Fsp3) is 0.846. The molecule has 0 spiro atoms. The monoisotopic (exact) mass is 253 g/mol. The normalized spacial score (nSPS) is 29.0. The van der Waals surface area contributed by atoms with Crippen LogP contribution < -0.4 is 11.1 Å². The van der Waals surface area contributed by atoms with Gasteiger partial charge in [-0.15, -0.1) is 0 Å². The van der Waals surface area contributed by atoms with Crippen molar-refractivity contribution in [2.24, 2.45) is 27.6 Å². The lowest BCUT2D eigenvalue weighted by molar-refractivity contribution is -0.127. The summed E-state index contributed by atoms with van der Waals surface area (Å²) < 4.78 is 0. The minimum atomic E-state index is -0.770. The number of nitrogens with two attached hydrogens (primary N) is 1. The molecular weight excluding hydrogens is 230 g/mol. The number of carbonyl (C=O) groups excluding carboxylic acids is 1. The van der Waals surface area contributed by atoms with E-state index in [0.29, 0.717) is 30.7 Å². The quantitative estimate of drug-likeness (QED) is 0.307. The third-order valence-electron chi connectivity index (χ3n) is 4.72. The predicted octanol–water partition coefficient (Wildman–Crippen LogP) is 1.46. The highest BCUT2D eigenvalue weighted by Crippen LogP contribution is 2.51. The van der Waals surface area contributed by atoms with Crippen LogP contribution in [-0.4, -0.2) is 23.5 Å². The zero-order chi connectivity index (χ0) is 13.4. The van der Waals surface area contributed by atoms with Crippen molar-refractivity contribution in [3.63, 3.8) is 0 Å². The van der Waals surface area contributed by atoms with E-state index in [4.69, 9.17) is 10.9 Å². The van der Waals surface area contributed by atoms with Gasteiger partial charge in [-0.1, -0.05) is 31.8 Å². The smallest absolute Gasteiger partial charge is 0.233 e. The molecule has 1 amide bonds. The number of carbonyl (C=O) groups is 1. The van der Waals surface area contributed by atoms with E-state index in [9.17, 15) is 4.79 Å². The van der Waals surface area contributed by atoms with Crippen LogP contribution >= 0.6 is 0 Å². The molecule has 2 aliphatic carbocycles. The second-order valence-electron chi connectivity index (χ2n) is 6.37. The molecule has 0 saturated heterocycles. The van der Waals surface area contributed by atoms with Gasteiger partial charge >= 0.3 is 0 Å². The molecule has 102 valence electrons. The molecule has 1 atom stereocenters. The van der Waals surface area contributed by atoms with Crippen LogP contribution in [0, 0.1) is 16.7 Å². The molecule has 2 fully saturated rings. The Kier molecular flexibility index (Phi) is 3.25. The van der Waals surface area contributed by atoms with Gasteiger partial charge in [0.2, 0.25) is 5.91 Å². The number of hydrogen-bond acceptors (Lipinski definition) is 3. The van der Waals surface area contributed by atoms with E-state index in [-0.39, 0.29) is 11.7 Å². The molecule has 4 N–H and O–H groups in total. The molecule has 5 heteroatoms. The molecule has 0 heterocycles. The van der Waals surface area contributed by atoms with Crippen molar-refractivity contribution in [3.05, 3.63) is 0 Å². The van der Waals surface area contributed by atoms with E-state index in [1.807, 2.05) is 0 Å². The van der Waals surface area contributed by atoms with E-state index >= 15 is 0 Å². The summed E-state index contributed by atoms with van der Waals surface area (Å²) in [5.41, 5.74) is 5.31. The first-order valence-electron chi connectivity index (χ1n) is 6.69. The Morgan fingerprint density at radius 1 is 1.44 bits per heavy atom. The van der Waals surface area contributed by atoms with Crippen LogP contribution in [0.4, 0.5) is 0 Å². The highest BCUT2D eigenvalue weighted by molar-refractivity contribution is 6.07. The summed E-state index contributed by atoms with van der Waals surface area (Å²) in [6.45, 7) is 5.11.